The number of hydrogen-bond donors (Lipinski definition) is 1. The average Bonchev–Trinajstić information content (AvgIpc) is 2.87. The summed E-state index contributed by atoms with van der Waals surface area (Å²) in [5.74, 6) is 1.04. The summed E-state index contributed by atoms with van der Waals surface area (Å²) in [4.78, 5) is 0. The van der Waals surface area contributed by atoms with Gasteiger partial charge in [-0.15, -0.1) is 0 Å². The molecule has 15 heavy (non-hydrogen) atoms. The van der Waals surface area contributed by atoms with E-state index in [1.165, 1.54) is 31.7 Å². The molecule has 0 heterocycles. The van der Waals surface area contributed by atoms with E-state index >= 15 is 0 Å². The van der Waals surface area contributed by atoms with E-state index in [-0.39, 0.29) is 11.4 Å². The van der Waals surface area contributed by atoms with Crippen molar-refractivity contribution in [2.75, 3.05) is 0 Å². The molecule has 2 aliphatic rings. The van der Waals surface area contributed by atoms with Crippen molar-refractivity contribution in [3.8, 4) is 0 Å². The topological polar surface area (TPSA) is 26.0 Å². The minimum absolute atomic E-state index is 0.166. The highest BCUT2D eigenvalue weighted by Crippen LogP contribution is 2.62. The van der Waals surface area contributed by atoms with Gasteiger partial charge in [0.25, 0.3) is 0 Å². The molecular formula is C13H16FN. The Balaban J connectivity index is 1.94. The summed E-state index contributed by atoms with van der Waals surface area (Å²) >= 11 is 0. The molecular weight excluding hydrogens is 189 g/mol. The molecule has 2 heteroatoms. The minimum atomic E-state index is -0.210. The van der Waals surface area contributed by atoms with Gasteiger partial charge in [0.1, 0.15) is 5.82 Å². The van der Waals surface area contributed by atoms with Gasteiger partial charge in [0, 0.05) is 5.54 Å². The molecule has 80 valence electrons. The highest BCUT2D eigenvalue weighted by molar-refractivity contribution is 5.35. The second-order valence-corrected chi connectivity index (χ2v) is 4.94. The maximum Gasteiger partial charge on any atom is 0.123 e. The van der Waals surface area contributed by atoms with Gasteiger partial charge in [-0.05, 0) is 42.4 Å². The van der Waals surface area contributed by atoms with Crippen molar-refractivity contribution < 1.29 is 4.39 Å². The molecule has 1 aromatic rings. The SMILES string of the molecule is NC1(c2cccc(F)c2)C2CCCCC21. The Bertz CT molecular complexity index is 376. The van der Waals surface area contributed by atoms with Crippen LogP contribution in [0.5, 0.6) is 0 Å². The van der Waals surface area contributed by atoms with Crippen LogP contribution < -0.4 is 5.73 Å². The molecule has 2 saturated carbocycles. The first-order chi connectivity index (χ1) is 7.23. The van der Waals surface area contributed by atoms with Crippen LogP contribution in [0.4, 0.5) is 4.39 Å². The van der Waals surface area contributed by atoms with Crippen LogP contribution in [0.15, 0.2) is 24.3 Å². The summed E-state index contributed by atoms with van der Waals surface area (Å²) in [7, 11) is 0. The van der Waals surface area contributed by atoms with Gasteiger partial charge >= 0.3 is 0 Å². The van der Waals surface area contributed by atoms with Crippen LogP contribution in [-0.2, 0) is 5.54 Å². The highest BCUT2D eigenvalue weighted by Gasteiger charge is 2.62. The predicted molar refractivity (Wildman–Crippen MR) is 57.7 cm³/mol. The molecule has 0 aliphatic heterocycles. The Morgan fingerprint density at radius 3 is 2.47 bits per heavy atom. The van der Waals surface area contributed by atoms with Crippen molar-refractivity contribution in [2.24, 2.45) is 17.6 Å². The fourth-order valence-electron chi connectivity index (χ4n) is 3.36. The van der Waals surface area contributed by atoms with Crippen LogP contribution in [0.3, 0.4) is 0 Å². The zero-order valence-corrected chi connectivity index (χ0v) is 8.75. The van der Waals surface area contributed by atoms with Gasteiger partial charge in [0.05, 0.1) is 0 Å². The molecule has 0 saturated heterocycles. The fraction of sp³-hybridized carbons (Fsp3) is 0.538. The standard InChI is InChI=1S/C13H16FN/c14-10-5-3-4-9(8-10)13(15)11-6-1-2-7-12(11)13/h3-5,8,11-12H,1-2,6-7,15H2. The normalized spacial score (nSPS) is 38.5. The summed E-state index contributed by atoms with van der Waals surface area (Å²) in [5.41, 5.74) is 7.21. The molecule has 2 N–H and O–H groups in total. The molecule has 2 atom stereocenters. The Morgan fingerprint density at radius 2 is 1.87 bits per heavy atom. The van der Waals surface area contributed by atoms with Crippen molar-refractivity contribution in [1.82, 2.24) is 0 Å². The average molecular weight is 205 g/mol. The number of hydrogen-bond acceptors (Lipinski definition) is 1. The molecule has 0 amide bonds. The first-order valence-corrected chi connectivity index (χ1v) is 5.78. The molecule has 3 rings (SSSR count). The smallest absolute Gasteiger partial charge is 0.123 e. The monoisotopic (exact) mass is 205 g/mol. The number of benzene rings is 1. The lowest BCUT2D eigenvalue weighted by molar-refractivity contribution is 0.480. The van der Waals surface area contributed by atoms with Crippen molar-refractivity contribution in [3.63, 3.8) is 0 Å². The third-order valence-corrected chi connectivity index (χ3v) is 4.21. The zero-order chi connectivity index (χ0) is 10.5. The van der Waals surface area contributed by atoms with E-state index < -0.39 is 0 Å². The first kappa shape index (κ1) is 9.34. The Labute approximate surface area is 89.5 Å². The highest BCUT2D eigenvalue weighted by atomic mass is 19.1. The number of halogens is 1. The lowest BCUT2D eigenvalue weighted by atomic mass is 10.0. The van der Waals surface area contributed by atoms with Crippen LogP contribution in [0.2, 0.25) is 0 Å². The van der Waals surface area contributed by atoms with Crippen LogP contribution in [-0.4, -0.2) is 0 Å². The van der Waals surface area contributed by atoms with E-state index in [0.29, 0.717) is 11.8 Å². The van der Waals surface area contributed by atoms with Crippen molar-refractivity contribution in [2.45, 2.75) is 31.2 Å². The van der Waals surface area contributed by atoms with E-state index in [9.17, 15) is 4.39 Å². The lowest BCUT2D eigenvalue weighted by Crippen LogP contribution is -2.23. The predicted octanol–water partition coefficient (Wildman–Crippen LogP) is 2.80. The Kier molecular flexibility index (Phi) is 1.90. The molecule has 2 fully saturated rings. The van der Waals surface area contributed by atoms with Gasteiger partial charge in [0.2, 0.25) is 0 Å². The molecule has 0 radical (unpaired) electrons. The quantitative estimate of drug-likeness (QED) is 0.749. The second kappa shape index (κ2) is 3.05. The van der Waals surface area contributed by atoms with Crippen LogP contribution >= 0.6 is 0 Å². The summed E-state index contributed by atoms with van der Waals surface area (Å²) in [6.07, 6.45) is 5.01. The van der Waals surface area contributed by atoms with E-state index in [2.05, 4.69) is 0 Å². The van der Waals surface area contributed by atoms with Crippen molar-refractivity contribution >= 4 is 0 Å². The molecule has 1 aromatic carbocycles. The zero-order valence-electron chi connectivity index (χ0n) is 8.75. The number of nitrogens with two attached hydrogens (primary N) is 1. The van der Waals surface area contributed by atoms with Gasteiger partial charge in [-0.1, -0.05) is 25.0 Å². The van der Waals surface area contributed by atoms with E-state index in [0.717, 1.165) is 5.56 Å². The molecule has 0 spiro atoms. The van der Waals surface area contributed by atoms with E-state index in [1.807, 2.05) is 6.07 Å². The van der Waals surface area contributed by atoms with Gasteiger partial charge in [0.15, 0.2) is 0 Å². The minimum Gasteiger partial charge on any atom is -0.321 e. The summed E-state index contributed by atoms with van der Waals surface area (Å²) in [6.45, 7) is 0. The van der Waals surface area contributed by atoms with Gasteiger partial charge in [-0.25, -0.2) is 4.39 Å². The summed E-state index contributed by atoms with van der Waals surface area (Å²) in [5, 5.41) is 0. The van der Waals surface area contributed by atoms with Gasteiger partial charge in [-0.2, -0.15) is 0 Å². The Hall–Kier alpha value is -0.890. The fourth-order valence-corrected chi connectivity index (χ4v) is 3.36. The molecule has 2 unspecified atom stereocenters. The molecule has 2 aliphatic carbocycles. The van der Waals surface area contributed by atoms with E-state index in [4.69, 9.17) is 5.73 Å². The lowest BCUT2D eigenvalue weighted by Gasteiger charge is -2.12. The first-order valence-electron chi connectivity index (χ1n) is 5.78. The molecule has 1 nitrogen and oxygen atoms in total. The second-order valence-electron chi connectivity index (χ2n) is 4.94. The van der Waals surface area contributed by atoms with E-state index in [1.54, 1.807) is 12.1 Å². The number of rotatable bonds is 1. The molecule has 0 aromatic heterocycles. The van der Waals surface area contributed by atoms with Gasteiger partial charge in [-0.3, -0.25) is 0 Å². The summed E-state index contributed by atoms with van der Waals surface area (Å²) in [6, 6.07) is 6.84. The van der Waals surface area contributed by atoms with Crippen LogP contribution in [0.25, 0.3) is 0 Å². The maximum absolute atomic E-state index is 13.1. The van der Waals surface area contributed by atoms with Gasteiger partial charge < -0.3 is 5.73 Å². The van der Waals surface area contributed by atoms with Crippen molar-refractivity contribution in [1.29, 1.82) is 0 Å². The third-order valence-electron chi connectivity index (χ3n) is 4.21. The summed E-state index contributed by atoms with van der Waals surface area (Å²) < 4.78 is 13.1. The largest absolute Gasteiger partial charge is 0.321 e. The van der Waals surface area contributed by atoms with Crippen LogP contribution in [0.1, 0.15) is 31.2 Å². The Morgan fingerprint density at radius 1 is 1.20 bits per heavy atom. The van der Waals surface area contributed by atoms with Crippen LogP contribution in [0, 0.1) is 17.7 Å². The molecule has 0 bridgehead atoms. The van der Waals surface area contributed by atoms with Crippen molar-refractivity contribution in [3.05, 3.63) is 35.6 Å². The number of fused-ring (bicyclic) bond motifs is 1. The third kappa shape index (κ3) is 1.24. The maximum atomic E-state index is 13.1.